The van der Waals surface area contributed by atoms with E-state index in [0.717, 1.165) is 10.7 Å². The average Bonchev–Trinajstić information content (AvgIpc) is 2.74. The van der Waals surface area contributed by atoms with Gasteiger partial charge >= 0.3 is 0 Å². The maximum absolute atomic E-state index is 5.79. The number of hydrogen-bond acceptors (Lipinski definition) is 5. The van der Waals surface area contributed by atoms with Crippen molar-refractivity contribution >= 4 is 17.2 Å². The predicted molar refractivity (Wildman–Crippen MR) is 64.5 cm³/mol. The van der Waals surface area contributed by atoms with Crippen LogP contribution in [0.1, 0.15) is 35.3 Å². The summed E-state index contributed by atoms with van der Waals surface area (Å²) in [6.45, 7) is 6.86. The van der Waals surface area contributed by atoms with Crippen LogP contribution in [0.3, 0.4) is 0 Å². The molecule has 0 unspecified atom stereocenters. The number of thiazole rings is 1. The first-order valence-corrected chi connectivity index (χ1v) is 5.99. The van der Waals surface area contributed by atoms with Gasteiger partial charge in [-0.3, -0.25) is 0 Å². The standard InChI is InChI=1S/C10H15N5S/c1-6(2)9-10(11)13-14-15(9)5-8-4-12-7(3)16-8/h4,6H,5,11H2,1-3H3. The zero-order valence-electron chi connectivity index (χ0n) is 9.64. The van der Waals surface area contributed by atoms with Gasteiger partial charge in [-0.2, -0.15) is 0 Å². The Hall–Kier alpha value is -1.43. The second-order valence-corrected chi connectivity index (χ2v) is 5.34. The van der Waals surface area contributed by atoms with E-state index in [2.05, 4.69) is 29.1 Å². The maximum Gasteiger partial charge on any atom is 0.169 e. The lowest BCUT2D eigenvalue weighted by Crippen LogP contribution is -2.07. The van der Waals surface area contributed by atoms with Crippen LogP contribution in [-0.2, 0) is 6.54 Å². The largest absolute Gasteiger partial charge is 0.381 e. The minimum Gasteiger partial charge on any atom is -0.381 e. The van der Waals surface area contributed by atoms with E-state index in [1.165, 1.54) is 4.88 Å². The molecule has 0 aliphatic heterocycles. The summed E-state index contributed by atoms with van der Waals surface area (Å²) in [5.41, 5.74) is 6.79. The molecule has 0 atom stereocenters. The topological polar surface area (TPSA) is 69.6 Å². The second kappa shape index (κ2) is 4.21. The molecule has 2 N–H and O–H groups in total. The average molecular weight is 237 g/mol. The van der Waals surface area contributed by atoms with E-state index in [9.17, 15) is 0 Å². The van der Waals surface area contributed by atoms with E-state index in [4.69, 9.17) is 5.73 Å². The first kappa shape index (κ1) is 11.1. The Morgan fingerprint density at radius 2 is 2.25 bits per heavy atom. The fraction of sp³-hybridized carbons (Fsp3) is 0.500. The fourth-order valence-corrected chi connectivity index (χ4v) is 2.45. The van der Waals surface area contributed by atoms with Crippen molar-refractivity contribution in [1.29, 1.82) is 0 Å². The molecule has 2 aromatic heterocycles. The second-order valence-electron chi connectivity index (χ2n) is 4.02. The summed E-state index contributed by atoms with van der Waals surface area (Å²) in [6, 6.07) is 0. The van der Waals surface area contributed by atoms with Crippen LogP contribution in [0.4, 0.5) is 5.82 Å². The lowest BCUT2D eigenvalue weighted by atomic mass is 10.1. The van der Waals surface area contributed by atoms with E-state index in [1.807, 2.05) is 17.8 Å². The molecule has 5 nitrogen and oxygen atoms in total. The van der Waals surface area contributed by atoms with Crippen LogP contribution >= 0.6 is 11.3 Å². The van der Waals surface area contributed by atoms with Gasteiger partial charge in [-0.05, 0) is 12.8 Å². The number of aryl methyl sites for hydroxylation is 1. The number of nitrogens with zero attached hydrogens (tertiary/aromatic N) is 4. The van der Waals surface area contributed by atoms with Crippen LogP contribution in [0.2, 0.25) is 0 Å². The lowest BCUT2D eigenvalue weighted by Gasteiger charge is -2.07. The third-order valence-corrected chi connectivity index (χ3v) is 3.22. The Bertz CT molecular complexity index is 485. The monoisotopic (exact) mass is 237 g/mol. The molecule has 0 saturated carbocycles. The summed E-state index contributed by atoms with van der Waals surface area (Å²) in [4.78, 5) is 5.39. The Morgan fingerprint density at radius 3 is 2.81 bits per heavy atom. The highest BCUT2D eigenvalue weighted by atomic mass is 32.1. The van der Waals surface area contributed by atoms with Crippen LogP contribution in [0.15, 0.2) is 6.20 Å². The summed E-state index contributed by atoms with van der Waals surface area (Å²) in [5.74, 6) is 0.847. The quantitative estimate of drug-likeness (QED) is 0.883. The third kappa shape index (κ3) is 2.06. The molecule has 86 valence electrons. The van der Waals surface area contributed by atoms with Gasteiger partial charge in [0.2, 0.25) is 0 Å². The first-order chi connectivity index (χ1) is 7.58. The molecule has 0 aromatic carbocycles. The minimum absolute atomic E-state index is 0.323. The molecule has 0 saturated heterocycles. The van der Waals surface area contributed by atoms with Crippen LogP contribution in [0.5, 0.6) is 0 Å². The van der Waals surface area contributed by atoms with E-state index < -0.39 is 0 Å². The smallest absolute Gasteiger partial charge is 0.169 e. The van der Waals surface area contributed by atoms with Crippen molar-refractivity contribution in [2.24, 2.45) is 0 Å². The van der Waals surface area contributed by atoms with E-state index in [1.54, 1.807) is 11.3 Å². The van der Waals surface area contributed by atoms with Gasteiger partial charge in [0, 0.05) is 11.1 Å². The fourth-order valence-electron chi connectivity index (χ4n) is 1.67. The first-order valence-electron chi connectivity index (χ1n) is 5.18. The highest BCUT2D eigenvalue weighted by Gasteiger charge is 2.14. The van der Waals surface area contributed by atoms with Gasteiger partial charge in [0.05, 0.1) is 17.2 Å². The molecule has 2 aromatic rings. The van der Waals surface area contributed by atoms with Crippen molar-refractivity contribution in [3.63, 3.8) is 0 Å². The van der Waals surface area contributed by atoms with E-state index in [0.29, 0.717) is 18.3 Å². The molecule has 0 aliphatic carbocycles. The number of rotatable bonds is 3. The van der Waals surface area contributed by atoms with Crippen molar-refractivity contribution in [3.8, 4) is 0 Å². The maximum atomic E-state index is 5.79. The van der Waals surface area contributed by atoms with Gasteiger partial charge < -0.3 is 5.73 Å². The van der Waals surface area contributed by atoms with Crippen LogP contribution in [0.25, 0.3) is 0 Å². The zero-order chi connectivity index (χ0) is 11.7. The van der Waals surface area contributed by atoms with Crippen molar-refractivity contribution in [1.82, 2.24) is 20.0 Å². The summed E-state index contributed by atoms with van der Waals surface area (Å²) in [5, 5.41) is 9.04. The Morgan fingerprint density at radius 1 is 1.50 bits per heavy atom. The zero-order valence-corrected chi connectivity index (χ0v) is 10.5. The molecule has 0 bridgehead atoms. The molecule has 0 spiro atoms. The number of nitrogen functional groups attached to an aromatic ring is 1. The molecule has 16 heavy (non-hydrogen) atoms. The molecule has 0 amide bonds. The minimum atomic E-state index is 0.323. The summed E-state index contributed by atoms with van der Waals surface area (Å²) >= 11 is 1.67. The molecule has 2 rings (SSSR count). The van der Waals surface area contributed by atoms with Gasteiger partial charge in [0.15, 0.2) is 5.82 Å². The van der Waals surface area contributed by atoms with Crippen LogP contribution < -0.4 is 5.73 Å². The predicted octanol–water partition coefficient (Wildman–Crippen LogP) is 1.80. The summed E-state index contributed by atoms with van der Waals surface area (Å²) in [7, 11) is 0. The highest BCUT2D eigenvalue weighted by Crippen LogP contribution is 2.21. The van der Waals surface area contributed by atoms with Gasteiger partial charge in [-0.15, -0.1) is 16.4 Å². The Balaban J connectivity index is 2.28. The van der Waals surface area contributed by atoms with Crippen molar-refractivity contribution in [2.45, 2.75) is 33.2 Å². The highest BCUT2D eigenvalue weighted by molar-refractivity contribution is 7.11. The Labute approximate surface area is 98.3 Å². The number of anilines is 1. The normalized spacial score (nSPS) is 11.2. The molecule has 0 aliphatic rings. The van der Waals surface area contributed by atoms with Gasteiger partial charge in [-0.25, -0.2) is 9.67 Å². The molecule has 2 heterocycles. The number of aromatic nitrogens is 4. The van der Waals surface area contributed by atoms with Gasteiger partial charge in [0.1, 0.15) is 0 Å². The van der Waals surface area contributed by atoms with Gasteiger partial charge in [-0.1, -0.05) is 19.1 Å². The molecule has 0 radical (unpaired) electrons. The van der Waals surface area contributed by atoms with E-state index >= 15 is 0 Å². The van der Waals surface area contributed by atoms with Crippen LogP contribution in [0, 0.1) is 6.92 Å². The Kier molecular flexibility index (Phi) is 2.91. The summed E-state index contributed by atoms with van der Waals surface area (Å²) in [6.07, 6.45) is 1.88. The third-order valence-electron chi connectivity index (χ3n) is 2.32. The molecule has 0 fully saturated rings. The molecular formula is C10H15N5S. The van der Waals surface area contributed by atoms with Crippen LogP contribution in [-0.4, -0.2) is 20.0 Å². The molecular weight excluding hydrogens is 222 g/mol. The summed E-state index contributed by atoms with van der Waals surface area (Å²) < 4.78 is 1.85. The number of nitrogens with two attached hydrogens (primary N) is 1. The lowest BCUT2D eigenvalue weighted by molar-refractivity contribution is 0.602. The van der Waals surface area contributed by atoms with E-state index in [-0.39, 0.29) is 0 Å². The number of hydrogen-bond donors (Lipinski definition) is 1. The van der Waals surface area contributed by atoms with Crippen molar-refractivity contribution in [2.75, 3.05) is 5.73 Å². The SMILES string of the molecule is Cc1ncc(Cn2nnc(N)c2C(C)C)s1. The van der Waals surface area contributed by atoms with Gasteiger partial charge in [0.25, 0.3) is 0 Å². The van der Waals surface area contributed by atoms with Crippen molar-refractivity contribution < 1.29 is 0 Å². The van der Waals surface area contributed by atoms with Crippen molar-refractivity contribution in [3.05, 3.63) is 21.8 Å². The molecule has 6 heteroatoms.